The topological polar surface area (TPSA) is 20.2 Å². The van der Waals surface area contributed by atoms with Crippen molar-refractivity contribution in [2.24, 2.45) is 0 Å². The molecule has 0 aromatic heterocycles. The third kappa shape index (κ3) is 1400. The van der Waals surface area contributed by atoms with Crippen molar-refractivity contribution in [3.63, 3.8) is 0 Å². The third-order valence-corrected chi connectivity index (χ3v) is 0. The molecule has 0 aliphatic heterocycles. The first-order valence-corrected chi connectivity index (χ1v) is 2.95. The Labute approximate surface area is 54.1 Å². The van der Waals surface area contributed by atoms with Gasteiger partial charge in [0.25, 0.3) is 0 Å². The van der Waals surface area contributed by atoms with Crippen LogP contribution in [-0.4, -0.2) is 12.2 Å². The van der Waals surface area contributed by atoms with Crippen LogP contribution in [0.2, 0.25) is 0 Å². The summed E-state index contributed by atoms with van der Waals surface area (Å²) in [6.07, 6.45) is 0. The molecule has 1 nitrogen and oxygen atoms in total. The van der Waals surface area contributed by atoms with Crippen LogP contribution in [0.25, 0.3) is 0 Å². The molecule has 1 N–H and O–H groups in total. The minimum Gasteiger partial charge on any atom is -0.400 e. The molecule has 0 radical (unpaired) electrons. The summed E-state index contributed by atoms with van der Waals surface area (Å²) in [4.78, 5) is 0. The number of hydrogen-bond acceptors (Lipinski definition) is 1. The molecule has 0 aliphatic carbocycles. The van der Waals surface area contributed by atoms with E-state index >= 15 is 0 Å². The Kier molecular flexibility index (Phi) is 7630. The molecule has 0 rings (SSSR count). The zero-order valence-electron chi connectivity index (χ0n) is 6.86. The Balaban J connectivity index is -0.0000000133. The predicted octanol–water partition coefficient (Wildman–Crippen LogP) is 2.46. The molecule has 0 unspecified atom stereocenters. The van der Waals surface area contributed by atoms with Crippen molar-refractivity contribution >= 4 is 0 Å². The zero-order chi connectivity index (χ0) is 8.00. The second kappa shape index (κ2) is 2420. The van der Waals surface area contributed by atoms with E-state index in [-0.39, 0.29) is 0 Å². The lowest BCUT2D eigenvalue weighted by Crippen LogP contribution is -1.25. The first kappa shape index (κ1) is 25.2. The van der Waals surface area contributed by atoms with E-state index in [2.05, 4.69) is 13.2 Å². The van der Waals surface area contributed by atoms with Gasteiger partial charge in [0.15, 0.2) is 0 Å². The molecule has 0 saturated heterocycles. The molecule has 0 amide bonds. The highest BCUT2D eigenvalue weighted by atomic mass is 16.2. The van der Waals surface area contributed by atoms with Crippen molar-refractivity contribution in [1.82, 2.24) is 0 Å². The summed E-state index contributed by atoms with van der Waals surface area (Å²) in [5.74, 6) is 0. The molecule has 0 saturated carbocycles. The standard InChI is InChI=1S/2C2H6.C2H4.CH4O/c4*1-2/h2*1-2H3;1-2H2;2H,1H3. The predicted molar refractivity (Wildman–Crippen MR) is 42.1 cm³/mol. The van der Waals surface area contributed by atoms with E-state index in [0.717, 1.165) is 7.11 Å². The van der Waals surface area contributed by atoms with Crippen molar-refractivity contribution in [2.75, 3.05) is 7.11 Å². The fourth-order valence-corrected chi connectivity index (χ4v) is 0. The van der Waals surface area contributed by atoms with E-state index in [0.29, 0.717) is 0 Å². The Hall–Kier alpha value is -0.300. The lowest BCUT2D eigenvalue weighted by atomic mass is 11.0. The van der Waals surface area contributed by atoms with Gasteiger partial charge in [-0.25, -0.2) is 0 Å². The first-order chi connectivity index (χ1) is 4.00. The molecule has 0 fully saturated rings. The van der Waals surface area contributed by atoms with Gasteiger partial charge in [0.1, 0.15) is 0 Å². The van der Waals surface area contributed by atoms with Crippen LogP contribution in [0.3, 0.4) is 0 Å². The molecular formula is C7H20O. The van der Waals surface area contributed by atoms with Crippen molar-refractivity contribution in [3.05, 3.63) is 13.2 Å². The molecule has 0 atom stereocenters. The van der Waals surface area contributed by atoms with Gasteiger partial charge in [0, 0.05) is 7.11 Å². The van der Waals surface area contributed by atoms with Crippen molar-refractivity contribution in [1.29, 1.82) is 0 Å². The minimum atomic E-state index is 1.00. The van der Waals surface area contributed by atoms with Gasteiger partial charge in [0.05, 0.1) is 0 Å². The molecule has 0 bridgehead atoms. The van der Waals surface area contributed by atoms with E-state index in [9.17, 15) is 0 Å². The largest absolute Gasteiger partial charge is 0.400 e. The normalized spacial score (nSPS) is 2.75. The van der Waals surface area contributed by atoms with Gasteiger partial charge in [-0.2, -0.15) is 0 Å². The maximum absolute atomic E-state index is 7.00. The zero-order valence-corrected chi connectivity index (χ0v) is 6.86. The van der Waals surface area contributed by atoms with E-state index in [1.54, 1.807) is 0 Å². The van der Waals surface area contributed by atoms with Crippen LogP contribution < -0.4 is 0 Å². The molecule has 1 heteroatoms. The van der Waals surface area contributed by atoms with Crippen LogP contribution in [0.5, 0.6) is 0 Å². The highest BCUT2D eigenvalue weighted by molar-refractivity contribution is 4.22. The average Bonchev–Trinajstić information content (AvgIpc) is 2.03. The average molecular weight is 120 g/mol. The maximum Gasteiger partial charge on any atom is 0.0319 e. The van der Waals surface area contributed by atoms with Gasteiger partial charge < -0.3 is 5.11 Å². The van der Waals surface area contributed by atoms with Crippen LogP contribution in [0, 0.1) is 0 Å². The summed E-state index contributed by atoms with van der Waals surface area (Å²) in [7, 11) is 1.00. The molecule has 8 heavy (non-hydrogen) atoms. The Morgan fingerprint density at radius 2 is 0.750 bits per heavy atom. The highest BCUT2D eigenvalue weighted by Crippen LogP contribution is 1.15. The van der Waals surface area contributed by atoms with Gasteiger partial charge >= 0.3 is 0 Å². The quantitative estimate of drug-likeness (QED) is 0.487. The second-order valence-electron chi connectivity index (χ2n) is 0. The maximum atomic E-state index is 7.00. The van der Waals surface area contributed by atoms with Crippen molar-refractivity contribution in [3.8, 4) is 0 Å². The van der Waals surface area contributed by atoms with Gasteiger partial charge in [0.2, 0.25) is 0 Å². The monoisotopic (exact) mass is 120 g/mol. The molecule has 0 aromatic carbocycles. The summed E-state index contributed by atoms with van der Waals surface area (Å²) in [6.45, 7) is 14.0. The van der Waals surface area contributed by atoms with Crippen molar-refractivity contribution in [2.45, 2.75) is 27.7 Å². The number of aliphatic hydroxyl groups is 1. The van der Waals surface area contributed by atoms with Gasteiger partial charge in [-0.3, -0.25) is 0 Å². The van der Waals surface area contributed by atoms with Crippen LogP contribution in [-0.2, 0) is 0 Å². The van der Waals surface area contributed by atoms with E-state index in [1.165, 1.54) is 0 Å². The summed E-state index contributed by atoms with van der Waals surface area (Å²) >= 11 is 0. The van der Waals surface area contributed by atoms with Gasteiger partial charge in [-0.15, -0.1) is 13.2 Å². The molecule has 0 heterocycles. The number of hydrogen-bond donors (Lipinski definition) is 1. The lowest BCUT2D eigenvalue weighted by molar-refractivity contribution is 0.399. The molecule has 54 valence electrons. The molecular weight excluding hydrogens is 100 g/mol. The van der Waals surface area contributed by atoms with Crippen LogP contribution in [0.15, 0.2) is 13.2 Å². The van der Waals surface area contributed by atoms with Crippen LogP contribution >= 0.6 is 0 Å². The smallest absolute Gasteiger partial charge is 0.0319 e. The van der Waals surface area contributed by atoms with E-state index < -0.39 is 0 Å². The number of aliphatic hydroxyl groups excluding tert-OH is 1. The van der Waals surface area contributed by atoms with E-state index in [4.69, 9.17) is 5.11 Å². The summed E-state index contributed by atoms with van der Waals surface area (Å²) in [5, 5.41) is 7.00. The summed E-state index contributed by atoms with van der Waals surface area (Å²) in [6, 6.07) is 0. The second-order valence-corrected chi connectivity index (χ2v) is 0. The lowest BCUT2D eigenvalue weighted by Gasteiger charge is -1.21. The first-order valence-electron chi connectivity index (χ1n) is 2.95. The van der Waals surface area contributed by atoms with E-state index in [1.807, 2.05) is 27.7 Å². The number of rotatable bonds is 0. The van der Waals surface area contributed by atoms with Crippen LogP contribution in [0.1, 0.15) is 27.7 Å². The van der Waals surface area contributed by atoms with Gasteiger partial charge in [-0.05, 0) is 0 Å². The summed E-state index contributed by atoms with van der Waals surface area (Å²) in [5.41, 5.74) is 0. The fraction of sp³-hybridized carbons (Fsp3) is 0.714. The fourth-order valence-electron chi connectivity index (χ4n) is 0. The summed E-state index contributed by atoms with van der Waals surface area (Å²) < 4.78 is 0. The van der Waals surface area contributed by atoms with Crippen LogP contribution in [0.4, 0.5) is 0 Å². The minimum absolute atomic E-state index is 1.00. The Bertz CT molecular complexity index is 4.35. The molecule has 0 spiro atoms. The Morgan fingerprint density at radius 3 is 0.750 bits per heavy atom. The van der Waals surface area contributed by atoms with Crippen molar-refractivity contribution < 1.29 is 5.11 Å². The third-order valence-electron chi connectivity index (χ3n) is 0. The molecule has 0 aliphatic rings. The SMILES string of the molecule is C=C.CC.CC.CO. The molecule has 0 aromatic rings. The highest BCUT2D eigenvalue weighted by Gasteiger charge is 0.934. The Morgan fingerprint density at radius 1 is 0.750 bits per heavy atom. The van der Waals surface area contributed by atoms with Gasteiger partial charge in [-0.1, -0.05) is 27.7 Å².